The summed E-state index contributed by atoms with van der Waals surface area (Å²) in [4.78, 5) is 25.3. The van der Waals surface area contributed by atoms with Gasteiger partial charge in [-0.05, 0) is 73.4 Å². The van der Waals surface area contributed by atoms with Crippen LogP contribution in [-0.4, -0.2) is 28.5 Å². The number of carbonyl (C=O) groups is 2. The lowest BCUT2D eigenvalue weighted by molar-refractivity contribution is 0.0816. The maximum absolute atomic E-state index is 14.2. The van der Waals surface area contributed by atoms with E-state index in [1.807, 2.05) is 12.1 Å². The number of halogens is 1. The van der Waals surface area contributed by atoms with Crippen LogP contribution in [0.2, 0.25) is 0 Å². The molecule has 2 aromatic carbocycles. The van der Waals surface area contributed by atoms with Crippen molar-refractivity contribution in [2.24, 2.45) is 16.9 Å². The Morgan fingerprint density at radius 1 is 1.09 bits per heavy atom. The molecule has 0 unspecified atom stereocenters. The zero-order valence-corrected chi connectivity index (χ0v) is 19.7. The molecule has 1 fully saturated rings. The zero-order valence-electron chi connectivity index (χ0n) is 19.7. The van der Waals surface area contributed by atoms with Crippen molar-refractivity contribution in [1.29, 1.82) is 0 Å². The van der Waals surface area contributed by atoms with Gasteiger partial charge < -0.3 is 16.8 Å². The third kappa shape index (κ3) is 3.98. The first-order chi connectivity index (χ1) is 16.1. The Labute approximate surface area is 198 Å². The van der Waals surface area contributed by atoms with E-state index in [1.54, 1.807) is 16.7 Å². The van der Waals surface area contributed by atoms with Gasteiger partial charge >= 0.3 is 0 Å². The first-order valence-electron chi connectivity index (χ1n) is 12.0. The van der Waals surface area contributed by atoms with Gasteiger partial charge in [0.2, 0.25) is 5.91 Å². The number of nitrogens with two attached hydrogens (primary N) is 2. The summed E-state index contributed by atoms with van der Waals surface area (Å²) in [5.41, 5.74) is 15.9. The maximum Gasteiger partial charge on any atom is 0.250 e. The maximum atomic E-state index is 14.2. The van der Waals surface area contributed by atoms with Crippen molar-refractivity contribution in [1.82, 2.24) is 4.57 Å². The molecular weight excluding hydrogens is 431 g/mol. The number of primary amides is 1. The minimum Gasteiger partial charge on any atom is -0.382 e. The molecule has 1 aromatic heterocycles. The van der Waals surface area contributed by atoms with Gasteiger partial charge in [0.1, 0.15) is 5.82 Å². The standard InChI is InChI=1S/C27H31FN4O2/c1-27(2)13-23-25(20-10-4-16(28)12-22(20)32(23)24(33)14-27)15-3-9-19(26(30)34)21(11-15)31-18-7-5-17(29)6-8-18/h3-4,9-12,17-18,31H,5-8,13-14,29H2,1-2H3,(H2,30,34). The summed E-state index contributed by atoms with van der Waals surface area (Å²) in [5.74, 6) is -0.901. The molecule has 1 saturated carbocycles. The number of hydrogen-bond acceptors (Lipinski definition) is 4. The molecule has 5 N–H and O–H groups in total. The van der Waals surface area contributed by atoms with E-state index in [0.29, 0.717) is 29.6 Å². The molecule has 0 radical (unpaired) electrons. The summed E-state index contributed by atoms with van der Waals surface area (Å²) < 4.78 is 15.9. The number of anilines is 1. The molecule has 1 aliphatic carbocycles. The number of nitrogens with zero attached hydrogens (tertiary/aromatic N) is 1. The van der Waals surface area contributed by atoms with Gasteiger partial charge in [0.15, 0.2) is 0 Å². The van der Waals surface area contributed by atoms with Gasteiger partial charge in [0, 0.05) is 40.8 Å². The SMILES string of the molecule is CC1(C)CC(=O)n2c(c(-c3ccc(C(N)=O)c(NC4CCC(N)CC4)c3)c3ccc(F)cc32)C1. The van der Waals surface area contributed by atoms with Crippen molar-refractivity contribution >= 4 is 28.4 Å². The summed E-state index contributed by atoms with van der Waals surface area (Å²) in [5, 5.41) is 4.35. The van der Waals surface area contributed by atoms with Crippen LogP contribution in [0, 0.1) is 11.2 Å². The summed E-state index contributed by atoms with van der Waals surface area (Å²) in [6.45, 7) is 4.15. The van der Waals surface area contributed by atoms with Crippen LogP contribution in [0.1, 0.15) is 66.8 Å². The molecule has 0 atom stereocenters. The third-order valence-electron chi connectivity index (χ3n) is 7.26. The Morgan fingerprint density at radius 3 is 2.53 bits per heavy atom. The Kier molecular flexibility index (Phi) is 5.47. The lowest BCUT2D eigenvalue weighted by Crippen LogP contribution is -2.33. The van der Waals surface area contributed by atoms with Gasteiger partial charge in [0.25, 0.3) is 5.91 Å². The molecule has 34 heavy (non-hydrogen) atoms. The minimum atomic E-state index is -0.497. The molecule has 0 saturated heterocycles. The topological polar surface area (TPSA) is 103 Å². The minimum absolute atomic E-state index is 0.0289. The number of hydrogen-bond donors (Lipinski definition) is 3. The number of fused-ring (bicyclic) bond motifs is 3. The van der Waals surface area contributed by atoms with Gasteiger partial charge in [-0.3, -0.25) is 14.2 Å². The Balaban J connectivity index is 1.67. The number of amides is 1. The Hall–Kier alpha value is -3.19. The molecule has 2 heterocycles. The molecule has 3 aromatic rings. The van der Waals surface area contributed by atoms with Gasteiger partial charge in [-0.15, -0.1) is 0 Å². The van der Waals surface area contributed by atoms with Crippen molar-refractivity contribution in [3.8, 4) is 11.1 Å². The third-order valence-corrected chi connectivity index (χ3v) is 7.26. The van der Waals surface area contributed by atoms with E-state index in [9.17, 15) is 14.0 Å². The quantitative estimate of drug-likeness (QED) is 0.516. The van der Waals surface area contributed by atoms with Crippen LogP contribution in [0.4, 0.5) is 10.1 Å². The van der Waals surface area contributed by atoms with Crippen LogP contribution < -0.4 is 16.8 Å². The number of nitrogens with one attached hydrogen (secondary N) is 1. The van der Waals surface area contributed by atoms with E-state index in [4.69, 9.17) is 11.5 Å². The van der Waals surface area contributed by atoms with Gasteiger partial charge in [-0.2, -0.15) is 0 Å². The lowest BCUT2D eigenvalue weighted by Gasteiger charge is -2.31. The van der Waals surface area contributed by atoms with Crippen LogP contribution in [0.25, 0.3) is 22.0 Å². The molecule has 7 heteroatoms. The molecule has 178 valence electrons. The number of aromatic nitrogens is 1. The lowest BCUT2D eigenvalue weighted by atomic mass is 9.80. The van der Waals surface area contributed by atoms with Gasteiger partial charge in [0.05, 0.1) is 11.1 Å². The average Bonchev–Trinajstić information content (AvgIpc) is 3.07. The Bertz CT molecular complexity index is 1300. The Morgan fingerprint density at radius 2 is 1.82 bits per heavy atom. The second-order valence-electron chi connectivity index (χ2n) is 10.6. The summed E-state index contributed by atoms with van der Waals surface area (Å²) in [7, 11) is 0. The van der Waals surface area contributed by atoms with Crippen molar-refractivity contribution in [2.45, 2.75) is 64.5 Å². The van der Waals surface area contributed by atoms with E-state index in [0.717, 1.165) is 47.9 Å². The summed E-state index contributed by atoms with van der Waals surface area (Å²) in [6, 6.07) is 10.6. The second kappa shape index (κ2) is 8.24. The number of benzene rings is 2. The van der Waals surface area contributed by atoms with Crippen LogP contribution in [0.5, 0.6) is 0 Å². The van der Waals surface area contributed by atoms with Crippen LogP contribution in [0.15, 0.2) is 36.4 Å². The fraction of sp³-hybridized carbons (Fsp3) is 0.407. The number of carbonyl (C=O) groups excluding carboxylic acids is 2. The van der Waals surface area contributed by atoms with Gasteiger partial charge in [-0.1, -0.05) is 19.9 Å². The van der Waals surface area contributed by atoms with E-state index in [-0.39, 0.29) is 29.2 Å². The van der Waals surface area contributed by atoms with Crippen LogP contribution in [0.3, 0.4) is 0 Å². The monoisotopic (exact) mass is 462 g/mol. The summed E-state index contributed by atoms with van der Waals surface area (Å²) >= 11 is 0. The van der Waals surface area contributed by atoms with E-state index < -0.39 is 5.91 Å². The first-order valence-corrected chi connectivity index (χ1v) is 12.0. The highest BCUT2D eigenvalue weighted by Crippen LogP contribution is 2.43. The van der Waals surface area contributed by atoms with Crippen molar-refractivity contribution in [2.75, 3.05) is 5.32 Å². The second-order valence-corrected chi connectivity index (χ2v) is 10.6. The molecular formula is C27H31FN4O2. The largest absolute Gasteiger partial charge is 0.382 e. The van der Waals surface area contributed by atoms with E-state index in [1.165, 1.54) is 12.1 Å². The normalized spacial score (nSPS) is 21.9. The molecule has 5 rings (SSSR count). The molecule has 1 aliphatic heterocycles. The van der Waals surface area contributed by atoms with E-state index >= 15 is 0 Å². The van der Waals surface area contributed by atoms with Crippen LogP contribution in [-0.2, 0) is 6.42 Å². The van der Waals surface area contributed by atoms with Crippen molar-refractivity contribution < 1.29 is 14.0 Å². The van der Waals surface area contributed by atoms with Gasteiger partial charge in [-0.25, -0.2) is 4.39 Å². The van der Waals surface area contributed by atoms with E-state index in [2.05, 4.69) is 19.2 Å². The fourth-order valence-corrected chi connectivity index (χ4v) is 5.61. The number of rotatable bonds is 4. The highest BCUT2D eigenvalue weighted by Gasteiger charge is 2.35. The average molecular weight is 463 g/mol. The van der Waals surface area contributed by atoms with Crippen molar-refractivity contribution in [3.63, 3.8) is 0 Å². The first kappa shape index (κ1) is 22.6. The highest BCUT2D eigenvalue weighted by molar-refractivity contribution is 6.06. The molecule has 0 bridgehead atoms. The highest BCUT2D eigenvalue weighted by atomic mass is 19.1. The predicted octanol–water partition coefficient (Wildman–Crippen LogP) is 4.84. The zero-order chi connectivity index (χ0) is 24.2. The smallest absolute Gasteiger partial charge is 0.250 e. The molecule has 0 spiro atoms. The molecule has 6 nitrogen and oxygen atoms in total. The molecule has 1 amide bonds. The van der Waals surface area contributed by atoms with Crippen LogP contribution >= 0.6 is 0 Å². The predicted molar refractivity (Wildman–Crippen MR) is 132 cm³/mol. The molecule has 2 aliphatic rings. The van der Waals surface area contributed by atoms with Crippen molar-refractivity contribution in [3.05, 3.63) is 53.5 Å². The summed E-state index contributed by atoms with van der Waals surface area (Å²) in [6.07, 6.45) is 4.81. The fourth-order valence-electron chi connectivity index (χ4n) is 5.61.